The maximum Gasteiger partial charge on any atom is 0.340 e. The molecule has 2 aromatic rings. The van der Waals surface area contributed by atoms with Gasteiger partial charge in [0, 0.05) is 33.1 Å². The third-order valence-corrected chi connectivity index (χ3v) is 7.38. The van der Waals surface area contributed by atoms with Crippen LogP contribution in [0, 0.1) is 6.92 Å². The number of anilines is 1. The number of carbonyl (C=O) groups excluding carboxylic acids is 1. The number of rotatable bonds is 6. The molecule has 10 heteroatoms. The van der Waals surface area contributed by atoms with E-state index in [4.69, 9.17) is 9.15 Å². The number of hydrogen-bond acceptors (Lipinski definition) is 8. The van der Waals surface area contributed by atoms with E-state index in [0.717, 1.165) is 45.2 Å². The SMILES string of the molecule is Cc1nnc(COC(=O)c2cc(S(=O)(=O)N3CCCCC3)ccc2N2CCCC2)o1. The largest absolute Gasteiger partial charge is 0.452 e. The molecule has 0 unspecified atom stereocenters. The van der Waals surface area contributed by atoms with Crippen LogP contribution < -0.4 is 4.90 Å². The molecule has 162 valence electrons. The van der Waals surface area contributed by atoms with Gasteiger partial charge in [0.15, 0.2) is 6.61 Å². The topological polar surface area (TPSA) is 106 Å². The summed E-state index contributed by atoms with van der Waals surface area (Å²) in [5, 5.41) is 7.54. The van der Waals surface area contributed by atoms with Crippen LogP contribution in [-0.4, -0.2) is 55.1 Å². The van der Waals surface area contributed by atoms with E-state index in [-0.39, 0.29) is 23.0 Å². The van der Waals surface area contributed by atoms with E-state index in [0.29, 0.717) is 24.7 Å². The van der Waals surface area contributed by atoms with Crippen LogP contribution in [0.4, 0.5) is 5.69 Å². The Hall–Kier alpha value is -2.46. The van der Waals surface area contributed by atoms with E-state index >= 15 is 0 Å². The standard InChI is InChI=1S/C20H26N4O5S/c1-15-21-22-19(29-15)14-28-20(25)17-13-16(7-8-18(17)23-9-5-6-10-23)30(26,27)24-11-3-2-4-12-24/h7-8,13H,2-6,9-12,14H2,1H3. The Morgan fingerprint density at radius 1 is 1.07 bits per heavy atom. The molecular weight excluding hydrogens is 408 g/mol. The van der Waals surface area contributed by atoms with E-state index in [2.05, 4.69) is 15.1 Å². The second kappa shape index (κ2) is 8.73. The lowest BCUT2D eigenvalue weighted by Crippen LogP contribution is -2.35. The van der Waals surface area contributed by atoms with Gasteiger partial charge in [-0.1, -0.05) is 6.42 Å². The number of ether oxygens (including phenoxy) is 1. The van der Waals surface area contributed by atoms with Gasteiger partial charge in [-0.15, -0.1) is 10.2 Å². The van der Waals surface area contributed by atoms with Crippen molar-refractivity contribution < 1.29 is 22.4 Å². The Morgan fingerprint density at radius 2 is 1.77 bits per heavy atom. The Balaban J connectivity index is 1.62. The molecule has 1 aromatic carbocycles. The molecule has 0 spiro atoms. The van der Waals surface area contributed by atoms with Gasteiger partial charge in [-0.3, -0.25) is 0 Å². The van der Waals surface area contributed by atoms with Crippen molar-refractivity contribution >= 4 is 21.7 Å². The number of carbonyl (C=O) groups is 1. The molecule has 0 N–H and O–H groups in total. The Kier molecular flexibility index (Phi) is 6.05. The molecule has 0 bridgehead atoms. The van der Waals surface area contributed by atoms with E-state index in [1.165, 1.54) is 10.4 Å². The van der Waals surface area contributed by atoms with Gasteiger partial charge in [0.05, 0.1) is 16.1 Å². The highest BCUT2D eigenvalue weighted by molar-refractivity contribution is 7.89. The lowest BCUT2D eigenvalue weighted by molar-refractivity contribution is 0.0437. The molecule has 4 rings (SSSR count). The first kappa shape index (κ1) is 20.8. The van der Waals surface area contributed by atoms with Gasteiger partial charge >= 0.3 is 5.97 Å². The second-order valence-electron chi connectivity index (χ2n) is 7.63. The van der Waals surface area contributed by atoms with Crippen LogP contribution >= 0.6 is 0 Å². The Bertz CT molecular complexity index is 1010. The predicted octanol–water partition coefficient (Wildman–Crippen LogP) is 2.51. The van der Waals surface area contributed by atoms with Crippen molar-refractivity contribution in [3.8, 4) is 0 Å². The van der Waals surface area contributed by atoms with Crippen LogP contribution in [0.25, 0.3) is 0 Å². The van der Waals surface area contributed by atoms with Gasteiger partial charge in [-0.2, -0.15) is 4.31 Å². The first-order valence-corrected chi connectivity index (χ1v) is 11.7. The average Bonchev–Trinajstić information content (AvgIpc) is 3.44. The number of benzene rings is 1. The number of aryl methyl sites for hydroxylation is 1. The predicted molar refractivity (Wildman–Crippen MR) is 109 cm³/mol. The van der Waals surface area contributed by atoms with Crippen molar-refractivity contribution in [3.63, 3.8) is 0 Å². The fraction of sp³-hybridized carbons (Fsp3) is 0.550. The van der Waals surface area contributed by atoms with E-state index < -0.39 is 16.0 Å². The van der Waals surface area contributed by atoms with Gasteiger partial charge in [0.25, 0.3) is 5.89 Å². The molecule has 2 aliphatic rings. The fourth-order valence-electron chi connectivity index (χ4n) is 3.93. The first-order valence-electron chi connectivity index (χ1n) is 10.3. The molecule has 1 aromatic heterocycles. The zero-order valence-corrected chi connectivity index (χ0v) is 17.9. The lowest BCUT2D eigenvalue weighted by Gasteiger charge is -2.27. The summed E-state index contributed by atoms with van der Waals surface area (Å²) in [7, 11) is -3.66. The maximum absolute atomic E-state index is 13.1. The zero-order valence-electron chi connectivity index (χ0n) is 17.0. The molecule has 0 saturated carbocycles. The number of esters is 1. The molecule has 2 saturated heterocycles. The number of aromatic nitrogens is 2. The molecule has 0 aliphatic carbocycles. The molecule has 2 fully saturated rings. The van der Waals surface area contributed by atoms with Gasteiger partial charge in [0.2, 0.25) is 15.9 Å². The molecule has 30 heavy (non-hydrogen) atoms. The first-order chi connectivity index (χ1) is 14.4. The summed E-state index contributed by atoms with van der Waals surface area (Å²) < 4.78 is 38.3. The molecule has 9 nitrogen and oxygen atoms in total. The van der Waals surface area contributed by atoms with E-state index in [9.17, 15) is 13.2 Å². The van der Waals surface area contributed by atoms with Crippen molar-refractivity contribution in [1.82, 2.24) is 14.5 Å². The molecule has 0 radical (unpaired) electrons. The molecular formula is C20H26N4O5S. The van der Waals surface area contributed by atoms with E-state index in [1.807, 2.05) is 0 Å². The summed E-state index contributed by atoms with van der Waals surface area (Å²) in [5.41, 5.74) is 0.933. The summed E-state index contributed by atoms with van der Waals surface area (Å²) in [4.78, 5) is 15.1. The summed E-state index contributed by atoms with van der Waals surface area (Å²) in [6, 6.07) is 4.75. The van der Waals surface area contributed by atoms with Crippen molar-refractivity contribution in [2.75, 3.05) is 31.1 Å². The van der Waals surface area contributed by atoms with Gasteiger partial charge in [-0.05, 0) is 43.9 Å². The van der Waals surface area contributed by atoms with Crippen molar-refractivity contribution in [3.05, 3.63) is 35.5 Å². The van der Waals surface area contributed by atoms with Crippen LogP contribution in [-0.2, 0) is 21.4 Å². The minimum Gasteiger partial charge on any atom is -0.452 e. The van der Waals surface area contributed by atoms with Crippen LogP contribution in [0.1, 0.15) is 54.2 Å². The molecule has 0 atom stereocenters. The number of hydrogen-bond donors (Lipinski definition) is 0. The second-order valence-corrected chi connectivity index (χ2v) is 9.57. The maximum atomic E-state index is 13.1. The molecule has 0 amide bonds. The summed E-state index contributed by atoms with van der Waals surface area (Å²) in [6.07, 6.45) is 4.80. The average molecular weight is 435 g/mol. The Labute approximate surface area is 176 Å². The van der Waals surface area contributed by atoms with Gasteiger partial charge in [0.1, 0.15) is 0 Å². The fourth-order valence-corrected chi connectivity index (χ4v) is 5.47. The highest BCUT2D eigenvalue weighted by atomic mass is 32.2. The minimum absolute atomic E-state index is 0.118. The minimum atomic E-state index is -3.66. The van der Waals surface area contributed by atoms with Crippen LogP contribution in [0.2, 0.25) is 0 Å². The van der Waals surface area contributed by atoms with Crippen LogP contribution in [0.3, 0.4) is 0 Å². The third-order valence-electron chi connectivity index (χ3n) is 5.48. The summed E-state index contributed by atoms with van der Waals surface area (Å²) in [6.45, 7) is 4.14. The van der Waals surface area contributed by atoms with Crippen molar-refractivity contribution in [1.29, 1.82) is 0 Å². The monoisotopic (exact) mass is 434 g/mol. The summed E-state index contributed by atoms with van der Waals surface area (Å²) >= 11 is 0. The Morgan fingerprint density at radius 3 is 2.43 bits per heavy atom. The number of nitrogens with zero attached hydrogens (tertiary/aromatic N) is 4. The smallest absolute Gasteiger partial charge is 0.340 e. The molecule has 3 heterocycles. The van der Waals surface area contributed by atoms with Crippen LogP contribution in [0.5, 0.6) is 0 Å². The third kappa shape index (κ3) is 4.34. The molecule has 2 aliphatic heterocycles. The number of piperidine rings is 1. The quantitative estimate of drug-likeness (QED) is 0.639. The summed E-state index contributed by atoms with van der Waals surface area (Å²) in [5.74, 6) is -0.0301. The highest BCUT2D eigenvalue weighted by Gasteiger charge is 2.29. The number of sulfonamides is 1. The lowest BCUT2D eigenvalue weighted by atomic mass is 10.1. The highest BCUT2D eigenvalue weighted by Crippen LogP contribution is 2.30. The van der Waals surface area contributed by atoms with Crippen molar-refractivity contribution in [2.24, 2.45) is 0 Å². The van der Waals surface area contributed by atoms with Crippen LogP contribution in [0.15, 0.2) is 27.5 Å². The normalized spacial score (nSPS) is 18.0. The van der Waals surface area contributed by atoms with Crippen molar-refractivity contribution in [2.45, 2.75) is 50.5 Å². The van der Waals surface area contributed by atoms with E-state index in [1.54, 1.807) is 19.1 Å². The van der Waals surface area contributed by atoms with Gasteiger partial charge in [-0.25, -0.2) is 13.2 Å². The zero-order chi connectivity index (χ0) is 21.1. The van der Waals surface area contributed by atoms with Gasteiger partial charge < -0.3 is 14.1 Å².